The van der Waals surface area contributed by atoms with Crippen LogP contribution in [0.2, 0.25) is 5.02 Å². The van der Waals surface area contributed by atoms with Gasteiger partial charge in [0.05, 0.1) is 12.0 Å². The van der Waals surface area contributed by atoms with Gasteiger partial charge in [0.25, 0.3) is 0 Å². The molecule has 2 aromatic carbocycles. The predicted octanol–water partition coefficient (Wildman–Crippen LogP) is 5.15. The van der Waals surface area contributed by atoms with Crippen molar-refractivity contribution in [1.29, 1.82) is 0 Å². The number of carboxylic acid groups (broad SMARTS) is 1. The molecule has 3 nitrogen and oxygen atoms in total. The number of ether oxygens (including phenoxy) is 1. The number of aryl methyl sites for hydroxylation is 2. The third-order valence-corrected chi connectivity index (χ3v) is 4.15. The minimum atomic E-state index is -0.848. The lowest BCUT2D eigenvalue weighted by Gasteiger charge is -2.19. The monoisotopic (exact) mass is 346 g/mol. The molecule has 2 aromatic rings. The van der Waals surface area contributed by atoms with Crippen molar-refractivity contribution >= 4 is 17.6 Å². The lowest BCUT2D eigenvalue weighted by molar-refractivity contribution is -0.138. The Morgan fingerprint density at radius 2 is 1.88 bits per heavy atom. The Labute approximate surface area is 148 Å². The fourth-order valence-electron chi connectivity index (χ4n) is 2.76. The van der Waals surface area contributed by atoms with Crippen molar-refractivity contribution in [3.05, 3.63) is 63.7 Å². The first-order valence-electron chi connectivity index (χ1n) is 8.03. The minimum absolute atomic E-state index is 0.00825. The molecule has 0 aliphatic rings. The Kier molecular flexibility index (Phi) is 5.89. The summed E-state index contributed by atoms with van der Waals surface area (Å²) in [6, 6.07) is 11.3. The minimum Gasteiger partial charge on any atom is -0.491 e. The van der Waals surface area contributed by atoms with Crippen molar-refractivity contribution < 1.29 is 14.6 Å². The summed E-state index contributed by atoms with van der Waals surface area (Å²) in [5.41, 5.74) is 3.66. The number of halogens is 1. The first-order chi connectivity index (χ1) is 11.3. The third-order valence-electron chi connectivity index (χ3n) is 3.92. The maximum absolute atomic E-state index is 11.9. The summed E-state index contributed by atoms with van der Waals surface area (Å²) >= 11 is 6.12. The average Bonchev–Trinajstić information content (AvgIpc) is 2.49. The summed E-state index contributed by atoms with van der Waals surface area (Å²) in [6.45, 7) is 7.79. The van der Waals surface area contributed by atoms with Crippen LogP contribution in [-0.4, -0.2) is 17.2 Å². The summed E-state index contributed by atoms with van der Waals surface area (Å²) in [5.74, 6) is -0.803. The Bertz CT molecular complexity index is 738. The van der Waals surface area contributed by atoms with Gasteiger partial charge >= 0.3 is 5.97 Å². The maximum atomic E-state index is 11.9. The van der Waals surface area contributed by atoms with Gasteiger partial charge in [0.1, 0.15) is 5.75 Å². The number of rotatable bonds is 6. The van der Waals surface area contributed by atoms with E-state index >= 15 is 0 Å². The molecule has 1 N–H and O–H groups in total. The summed E-state index contributed by atoms with van der Waals surface area (Å²) < 4.78 is 5.82. The van der Waals surface area contributed by atoms with Crippen LogP contribution < -0.4 is 4.74 Å². The molecule has 0 spiro atoms. The van der Waals surface area contributed by atoms with Gasteiger partial charge in [0.2, 0.25) is 0 Å². The molecule has 0 saturated carbocycles. The van der Waals surface area contributed by atoms with Crippen LogP contribution in [0.3, 0.4) is 0 Å². The number of aliphatic carboxylic acids is 1. The Balaban J connectivity index is 2.43. The van der Waals surface area contributed by atoms with E-state index in [1.54, 1.807) is 18.2 Å². The topological polar surface area (TPSA) is 46.5 Å². The van der Waals surface area contributed by atoms with Gasteiger partial charge in [-0.1, -0.05) is 35.4 Å². The highest BCUT2D eigenvalue weighted by molar-refractivity contribution is 6.30. The van der Waals surface area contributed by atoms with Crippen molar-refractivity contribution in [2.45, 2.75) is 46.1 Å². The number of benzene rings is 2. The number of carboxylic acids is 1. The van der Waals surface area contributed by atoms with E-state index in [4.69, 9.17) is 16.3 Å². The Hall–Kier alpha value is -2.00. The van der Waals surface area contributed by atoms with Gasteiger partial charge in [0.15, 0.2) is 0 Å². The summed E-state index contributed by atoms with van der Waals surface area (Å²) in [4.78, 5) is 11.9. The molecule has 1 unspecified atom stereocenters. The highest BCUT2D eigenvalue weighted by Gasteiger charge is 2.24. The smallest absolute Gasteiger partial charge is 0.311 e. The van der Waals surface area contributed by atoms with Gasteiger partial charge in [-0.15, -0.1) is 0 Å². The van der Waals surface area contributed by atoms with Gasteiger partial charge < -0.3 is 9.84 Å². The van der Waals surface area contributed by atoms with Gasteiger partial charge in [-0.05, 0) is 69.0 Å². The molecule has 2 rings (SSSR count). The first-order valence-corrected chi connectivity index (χ1v) is 8.40. The van der Waals surface area contributed by atoms with E-state index < -0.39 is 11.9 Å². The first kappa shape index (κ1) is 18.3. The molecule has 0 radical (unpaired) electrons. The van der Waals surface area contributed by atoms with E-state index in [-0.39, 0.29) is 6.10 Å². The molecule has 0 aliphatic carbocycles. The van der Waals surface area contributed by atoms with Crippen LogP contribution in [0.25, 0.3) is 0 Å². The molecule has 0 fully saturated rings. The predicted molar refractivity (Wildman–Crippen MR) is 97.2 cm³/mol. The molecule has 0 saturated heterocycles. The molecule has 128 valence electrons. The van der Waals surface area contributed by atoms with Gasteiger partial charge in [-0.2, -0.15) is 0 Å². The van der Waals surface area contributed by atoms with E-state index in [0.29, 0.717) is 17.2 Å². The van der Waals surface area contributed by atoms with Gasteiger partial charge in [-0.3, -0.25) is 4.79 Å². The van der Waals surface area contributed by atoms with Crippen LogP contribution in [0.4, 0.5) is 0 Å². The number of hydrogen-bond donors (Lipinski definition) is 1. The third kappa shape index (κ3) is 4.51. The van der Waals surface area contributed by atoms with E-state index in [1.807, 2.05) is 45.9 Å². The lowest BCUT2D eigenvalue weighted by atomic mass is 9.88. The van der Waals surface area contributed by atoms with Gasteiger partial charge in [-0.25, -0.2) is 0 Å². The molecule has 1 atom stereocenters. The number of carbonyl (C=O) groups is 1. The quantitative estimate of drug-likeness (QED) is 0.786. The Morgan fingerprint density at radius 3 is 2.50 bits per heavy atom. The van der Waals surface area contributed by atoms with E-state index in [0.717, 1.165) is 22.3 Å². The second kappa shape index (κ2) is 7.71. The molecular formula is C20H23ClO3. The summed E-state index contributed by atoms with van der Waals surface area (Å²) in [7, 11) is 0. The van der Waals surface area contributed by atoms with Crippen LogP contribution in [0.15, 0.2) is 36.4 Å². The Morgan fingerprint density at radius 1 is 1.17 bits per heavy atom. The second-order valence-electron chi connectivity index (χ2n) is 6.37. The van der Waals surface area contributed by atoms with Crippen molar-refractivity contribution in [3.63, 3.8) is 0 Å². The zero-order valence-electron chi connectivity index (χ0n) is 14.5. The van der Waals surface area contributed by atoms with Crippen molar-refractivity contribution in [1.82, 2.24) is 0 Å². The van der Waals surface area contributed by atoms with Crippen LogP contribution in [0, 0.1) is 13.8 Å². The molecular weight excluding hydrogens is 324 g/mol. The van der Waals surface area contributed by atoms with Crippen LogP contribution in [0.5, 0.6) is 5.75 Å². The zero-order chi connectivity index (χ0) is 17.9. The van der Waals surface area contributed by atoms with E-state index in [9.17, 15) is 9.90 Å². The fourth-order valence-corrected chi connectivity index (χ4v) is 2.96. The van der Waals surface area contributed by atoms with Gasteiger partial charge in [0, 0.05) is 5.02 Å². The molecule has 0 amide bonds. The van der Waals surface area contributed by atoms with Crippen molar-refractivity contribution in [3.8, 4) is 5.75 Å². The standard InChI is InChI=1S/C20H23ClO3/c1-12(2)24-19-8-7-16(21)10-15(19)11-18(20(22)23)17-9-13(3)5-6-14(17)4/h5-10,12,18H,11H2,1-4H3,(H,22,23). The van der Waals surface area contributed by atoms with Crippen molar-refractivity contribution in [2.24, 2.45) is 0 Å². The highest BCUT2D eigenvalue weighted by Crippen LogP contribution is 2.31. The fraction of sp³-hybridized carbons (Fsp3) is 0.350. The van der Waals surface area contributed by atoms with E-state index in [2.05, 4.69) is 0 Å². The van der Waals surface area contributed by atoms with E-state index in [1.165, 1.54) is 0 Å². The molecule has 4 heteroatoms. The zero-order valence-corrected chi connectivity index (χ0v) is 15.2. The molecule has 0 aromatic heterocycles. The SMILES string of the molecule is Cc1ccc(C)c(C(Cc2cc(Cl)ccc2OC(C)C)C(=O)O)c1. The molecule has 0 heterocycles. The van der Waals surface area contributed by atoms with Crippen LogP contribution in [-0.2, 0) is 11.2 Å². The summed E-state index contributed by atoms with van der Waals surface area (Å²) in [5, 5.41) is 10.3. The second-order valence-corrected chi connectivity index (χ2v) is 6.81. The lowest BCUT2D eigenvalue weighted by Crippen LogP contribution is -2.17. The maximum Gasteiger partial charge on any atom is 0.311 e. The molecule has 24 heavy (non-hydrogen) atoms. The largest absolute Gasteiger partial charge is 0.491 e. The highest BCUT2D eigenvalue weighted by atomic mass is 35.5. The number of hydrogen-bond acceptors (Lipinski definition) is 2. The van der Waals surface area contributed by atoms with Crippen molar-refractivity contribution in [2.75, 3.05) is 0 Å². The average molecular weight is 347 g/mol. The summed E-state index contributed by atoms with van der Waals surface area (Å²) in [6.07, 6.45) is 0.344. The normalized spacial score (nSPS) is 12.2. The molecule has 0 bridgehead atoms. The van der Waals surface area contributed by atoms with Crippen LogP contribution >= 0.6 is 11.6 Å². The molecule has 0 aliphatic heterocycles. The van der Waals surface area contributed by atoms with Crippen LogP contribution in [0.1, 0.15) is 42.0 Å².